The molecule has 0 amide bonds. The molecule has 0 aliphatic carbocycles. The molecule has 0 spiro atoms. The van der Waals surface area contributed by atoms with Gasteiger partial charge >= 0.3 is 6.01 Å². The number of aromatic amines is 1. The van der Waals surface area contributed by atoms with Gasteiger partial charge in [0.2, 0.25) is 0 Å². The minimum atomic E-state index is 0.316. The van der Waals surface area contributed by atoms with Crippen molar-refractivity contribution in [1.29, 1.82) is 0 Å². The Kier molecular flexibility index (Phi) is 6.44. The number of fused-ring (bicyclic) bond motifs is 1. The summed E-state index contributed by atoms with van der Waals surface area (Å²) < 4.78 is 5.65. The molecule has 4 N–H and O–H groups in total. The van der Waals surface area contributed by atoms with E-state index in [1.807, 2.05) is 0 Å². The van der Waals surface area contributed by atoms with Crippen LogP contribution in [0.15, 0.2) is 24.3 Å². The van der Waals surface area contributed by atoms with Crippen LogP contribution in [0.3, 0.4) is 0 Å². The summed E-state index contributed by atoms with van der Waals surface area (Å²) in [6, 6.07) is 9.65. The van der Waals surface area contributed by atoms with Crippen molar-refractivity contribution in [3.05, 3.63) is 41.1 Å². The zero-order valence-electron chi connectivity index (χ0n) is 17.8. The molecule has 1 aliphatic rings. The molecule has 1 fully saturated rings. The van der Waals surface area contributed by atoms with Crippen molar-refractivity contribution < 1.29 is 4.74 Å². The van der Waals surface area contributed by atoms with Crippen LogP contribution in [-0.4, -0.2) is 57.3 Å². The SMILES string of the molecule is CCCCOc1nc(N)c2n[nH]c(Cc3ccc(CN4CCN[C@H](C)C4)cc3)c2n1. The second-order valence-electron chi connectivity index (χ2n) is 8.08. The van der Waals surface area contributed by atoms with Crippen LogP contribution in [0.1, 0.15) is 43.5 Å². The molecule has 160 valence electrons. The fourth-order valence-electron chi connectivity index (χ4n) is 3.82. The van der Waals surface area contributed by atoms with E-state index in [1.165, 1.54) is 11.1 Å². The number of nitrogens with zero attached hydrogens (tertiary/aromatic N) is 4. The van der Waals surface area contributed by atoms with Gasteiger partial charge in [-0.15, -0.1) is 0 Å². The van der Waals surface area contributed by atoms with Gasteiger partial charge in [-0.2, -0.15) is 15.1 Å². The van der Waals surface area contributed by atoms with E-state index in [-0.39, 0.29) is 0 Å². The number of nitrogen functional groups attached to an aromatic ring is 1. The Morgan fingerprint density at radius 3 is 2.73 bits per heavy atom. The van der Waals surface area contributed by atoms with Crippen molar-refractivity contribution in [2.45, 2.75) is 45.7 Å². The summed E-state index contributed by atoms with van der Waals surface area (Å²) in [5.41, 5.74) is 10.8. The Morgan fingerprint density at radius 1 is 1.17 bits per heavy atom. The highest BCUT2D eigenvalue weighted by molar-refractivity contribution is 5.86. The first kappa shape index (κ1) is 20.6. The average Bonchev–Trinajstić information content (AvgIpc) is 3.13. The van der Waals surface area contributed by atoms with Crippen LogP contribution in [0.4, 0.5) is 5.82 Å². The normalized spacial score (nSPS) is 17.5. The minimum Gasteiger partial charge on any atom is -0.463 e. The van der Waals surface area contributed by atoms with Crippen LogP contribution < -0.4 is 15.8 Å². The molecule has 0 bridgehead atoms. The largest absolute Gasteiger partial charge is 0.463 e. The Morgan fingerprint density at radius 2 is 1.97 bits per heavy atom. The molecule has 1 atom stereocenters. The number of piperazine rings is 1. The van der Waals surface area contributed by atoms with Crippen LogP contribution in [0, 0.1) is 0 Å². The summed E-state index contributed by atoms with van der Waals surface area (Å²) in [5.74, 6) is 0.342. The molecular formula is C22H31N7O. The number of aromatic nitrogens is 4. The summed E-state index contributed by atoms with van der Waals surface area (Å²) in [4.78, 5) is 11.3. The second kappa shape index (κ2) is 9.40. The molecule has 4 rings (SSSR count). The summed E-state index contributed by atoms with van der Waals surface area (Å²) in [6.45, 7) is 9.17. The van der Waals surface area contributed by atoms with Gasteiger partial charge in [-0.25, -0.2) is 0 Å². The van der Waals surface area contributed by atoms with Gasteiger partial charge in [0.15, 0.2) is 11.3 Å². The number of ether oxygens (including phenoxy) is 1. The van der Waals surface area contributed by atoms with Crippen LogP contribution >= 0.6 is 0 Å². The Labute approximate surface area is 177 Å². The molecule has 1 saturated heterocycles. The Bertz CT molecular complexity index is 970. The third-order valence-electron chi connectivity index (χ3n) is 5.47. The van der Waals surface area contributed by atoms with E-state index >= 15 is 0 Å². The second-order valence-corrected chi connectivity index (χ2v) is 8.08. The highest BCUT2D eigenvalue weighted by Crippen LogP contribution is 2.23. The Balaban J connectivity index is 1.45. The monoisotopic (exact) mass is 409 g/mol. The predicted octanol–water partition coefficient (Wildman–Crippen LogP) is 2.50. The number of anilines is 1. The first-order valence-corrected chi connectivity index (χ1v) is 10.8. The van der Waals surface area contributed by atoms with E-state index in [1.54, 1.807) is 0 Å². The maximum absolute atomic E-state index is 6.06. The fourth-order valence-corrected chi connectivity index (χ4v) is 3.82. The molecule has 0 saturated carbocycles. The topological polar surface area (TPSA) is 105 Å². The van der Waals surface area contributed by atoms with E-state index < -0.39 is 0 Å². The third-order valence-corrected chi connectivity index (χ3v) is 5.47. The van der Waals surface area contributed by atoms with Crippen molar-refractivity contribution in [3.63, 3.8) is 0 Å². The average molecular weight is 410 g/mol. The molecule has 8 nitrogen and oxygen atoms in total. The van der Waals surface area contributed by atoms with Gasteiger partial charge < -0.3 is 15.8 Å². The maximum Gasteiger partial charge on any atom is 0.319 e. The predicted molar refractivity (Wildman–Crippen MR) is 118 cm³/mol. The molecule has 1 aromatic carbocycles. The maximum atomic E-state index is 6.06. The van der Waals surface area contributed by atoms with E-state index in [2.05, 4.69) is 68.5 Å². The lowest BCUT2D eigenvalue weighted by atomic mass is 10.1. The number of hydrogen-bond donors (Lipinski definition) is 3. The molecule has 0 unspecified atom stereocenters. The quantitative estimate of drug-likeness (QED) is 0.491. The molecular weight excluding hydrogens is 378 g/mol. The summed E-state index contributed by atoms with van der Waals surface area (Å²) in [5, 5.41) is 10.9. The van der Waals surface area contributed by atoms with Gasteiger partial charge in [-0.1, -0.05) is 37.6 Å². The van der Waals surface area contributed by atoms with E-state index in [9.17, 15) is 0 Å². The lowest BCUT2D eigenvalue weighted by Crippen LogP contribution is -2.48. The lowest BCUT2D eigenvalue weighted by molar-refractivity contribution is 0.199. The van der Waals surface area contributed by atoms with E-state index in [4.69, 9.17) is 10.5 Å². The zero-order valence-corrected chi connectivity index (χ0v) is 17.8. The first-order chi connectivity index (χ1) is 14.6. The summed E-state index contributed by atoms with van der Waals surface area (Å²) >= 11 is 0. The minimum absolute atomic E-state index is 0.316. The van der Waals surface area contributed by atoms with Crippen LogP contribution in [0.25, 0.3) is 11.0 Å². The molecule has 0 radical (unpaired) electrons. The number of nitrogens with one attached hydrogen (secondary N) is 2. The van der Waals surface area contributed by atoms with Crippen molar-refractivity contribution in [2.24, 2.45) is 0 Å². The van der Waals surface area contributed by atoms with Crippen molar-refractivity contribution in [2.75, 3.05) is 32.0 Å². The fraction of sp³-hybridized carbons (Fsp3) is 0.500. The summed E-state index contributed by atoms with van der Waals surface area (Å²) in [6.07, 6.45) is 2.71. The molecule has 30 heavy (non-hydrogen) atoms. The van der Waals surface area contributed by atoms with Crippen molar-refractivity contribution in [1.82, 2.24) is 30.4 Å². The first-order valence-electron chi connectivity index (χ1n) is 10.8. The summed E-state index contributed by atoms with van der Waals surface area (Å²) in [7, 11) is 0. The number of H-pyrrole nitrogens is 1. The van der Waals surface area contributed by atoms with E-state index in [0.29, 0.717) is 36.4 Å². The van der Waals surface area contributed by atoms with Gasteiger partial charge in [0, 0.05) is 38.6 Å². The van der Waals surface area contributed by atoms with Gasteiger partial charge in [-0.3, -0.25) is 10.00 Å². The van der Waals surface area contributed by atoms with Crippen LogP contribution in [0.2, 0.25) is 0 Å². The van der Waals surface area contributed by atoms with Gasteiger partial charge in [0.05, 0.1) is 12.3 Å². The highest BCUT2D eigenvalue weighted by atomic mass is 16.5. The molecule has 3 heterocycles. The number of rotatable bonds is 8. The molecule has 1 aliphatic heterocycles. The Hall–Kier alpha value is -2.71. The number of benzene rings is 1. The van der Waals surface area contributed by atoms with Crippen molar-refractivity contribution >= 4 is 16.9 Å². The van der Waals surface area contributed by atoms with Crippen molar-refractivity contribution in [3.8, 4) is 6.01 Å². The highest BCUT2D eigenvalue weighted by Gasteiger charge is 2.16. The number of unbranched alkanes of at least 4 members (excludes halogenated alkanes) is 1. The van der Waals surface area contributed by atoms with Gasteiger partial charge in [0.1, 0.15) is 5.52 Å². The molecule has 8 heteroatoms. The zero-order chi connectivity index (χ0) is 20.9. The standard InChI is InChI=1S/C22H31N7O/c1-3-4-11-30-22-25-19-18(27-28-20(19)21(23)26-22)12-16-5-7-17(8-6-16)14-29-10-9-24-15(2)13-29/h5-8,15,24H,3-4,9-14H2,1-2H3,(H,27,28)(H2,23,25,26)/t15-/m1/s1. The lowest BCUT2D eigenvalue weighted by Gasteiger charge is -2.31. The van der Waals surface area contributed by atoms with E-state index in [0.717, 1.165) is 50.2 Å². The van der Waals surface area contributed by atoms with Gasteiger partial charge in [0.25, 0.3) is 0 Å². The molecule has 2 aromatic heterocycles. The van der Waals surface area contributed by atoms with Gasteiger partial charge in [-0.05, 0) is 24.5 Å². The molecule has 3 aromatic rings. The number of hydrogen-bond acceptors (Lipinski definition) is 7. The van der Waals surface area contributed by atoms with Crippen LogP contribution in [0.5, 0.6) is 6.01 Å². The number of nitrogens with two attached hydrogens (primary N) is 1. The van der Waals surface area contributed by atoms with Crippen LogP contribution in [-0.2, 0) is 13.0 Å². The smallest absolute Gasteiger partial charge is 0.319 e. The third kappa shape index (κ3) is 4.88.